The van der Waals surface area contributed by atoms with Crippen molar-refractivity contribution in [2.45, 2.75) is 6.92 Å². The Labute approximate surface area is 101 Å². The molecule has 0 radical (unpaired) electrons. The third-order valence-electron chi connectivity index (χ3n) is 2.00. The molecule has 0 saturated carbocycles. The number of halogens is 2. The van der Waals surface area contributed by atoms with Gasteiger partial charge >= 0.3 is 0 Å². The predicted octanol–water partition coefficient (Wildman–Crippen LogP) is 2.45. The first-order valence-electron chi connectivity index (χ1n) is 4.46. The lowest BCUT2D eigenvalue weighted by atomic mass is 10.3. The largest absolute Gasteiger partial charge is 0.304 e. The molecule has 0 unspecified atom stereocenters. The summed E-state index contributed by atoms with van der Waals surface area (Å²) in [4.78, 5) is 22.2. The molecule has 2 rings (SSSR count). The first-order valence-corrected chi connectivity index (χ1v) is 5.22. The van der Waals surface area contributed by atoms with Crippen molar-refractivity contribution in [3.63, 3.8) is 0 Å². The SMILES string of the molecule is Cc1nc(-c2ccc(Cl)cn2)[nH]c(=O)c1Cl. The van der Waals surface area contributed by atoms with Gasteiger partial charge in [0.05, 0.1) is 10.7 Å². The van der Waals surface area contributed by atoms with Crippen molar-refractivity contribution < 1.29 is 0 Å². The van der Waals surface area contributed by atoms with Crippen molar-refractivity contribution in [3.05, 3.63) is 44.4 Å². The molecule has 6 heteroatoms. The Balaban J connectivity index is 2.57. The molecule has 0 saturated heterocycles. The van der Waals surface area contributed by atoms with Crippen molar-refractivity contribution in [1.82, 2.24) is 15.0 Å². The van der Waals surface area contributed by atoms with Crippen molar-refractivity contribution in [2.24, 2.45) is 0 Å². The summed E-state index contributed by atoms with van der Waals surface area (Å²) in [6.07, 6.45) is 1.49. The molecule has 0 amide bonds. The molecule has 16 heavy (non-hydrogen) atoms. The number of nitrogens with zero attached hydrogens (tertiary/aromatic N) is 2. The van der Waals surface area contributed by atoms with E-state index in [0.717, 1.165) is 0 Å². The third kappa shape index (κ3) is 2.08. The highest BCUT2D eigenvalue weighted by Gasteiger charge is 2.07. The lowest BCUT2D eigenvalue weighted by Gasteiger charge is -2.02. The summed E-state index contributed by atoms with van der Waals surface area (Å²) in [5.74, 6) is 0.378. The minimum Gasteiger partial charge on any atom is -0.304 e. The number of aryl methyl sites for hydroxylation is 1. The predicted molar refractivity (Wildman–Crippen MR) is 62.8 cm³/mol. The molecule has 1 N–H and O–H groups in total. The first-order chi connectivity index (χ1) is 7.58. The van der Waals surface area contributed by atoms with Gasteiger partial charge in [0, 0.05) is 6.20 Å². The summed E-state index contributed by atoms with van der Waals surface area (Å²) < 4.78 is 0. The van der Waals surface area contributed by atoms with E-state index < -0.39 is 0 Å². The number of pyridine rings is 1. The van der Waals surface area contributed by atoms with Crippen LogP contribution >= 0.6 is 23.2 Å². The summed E-state index contributed by atoms with van der Waals surface area (Å²) in [6.45, 7) is 1.66. The fourth-order valence-corrected chi connectivity index (χ4v) is 1.41. The van der Waals surface area contributed by atoms with Gasteiger partial charge in [-0.05, 0) is 19.1 Å². The summed E-state index contributed by atoms with van der Waals surface area (Å²) in [5, 5.41) is 0.620. The summed E-state index contributed by atoms with van der Waals surface area (Å²) >= 11 is 11.4. The molecule has 2 aromatic rings. The number of rotatable bonds is 1. The van der Waals surface area contributed by atoms with Gasteiger partial charge in [0.15, 0.2) is 5.82 Å². The monoisotopic (exact) mass is 255 g/mol. The van der Waals surface area contributed by atoms with E-state index in [1.165, 1.54) is 6.20 Å². The van der Waals surface area contributed by atoms with Gasteiger partial charge < -0.3 is 4.98 Å². The highest BCUT2D eigenvalue weighted by Crippen LogP contribution is 2.15. The van der Waals surface area contributed by atoms with Crippen LogP contribution in [0.5, 0.6) is 0 Å². The third-order valence-corrected chi connectivity index (χ3v) is 2.67. The van der Waals surface area contributed by atoms with Crippen LogP contribution < -0.4 is 5.56 Å². The Morgan fingerprint density at radius 2 is 2.06 bits per heavy atom. The molecule has 0 aliphatic heterocycles. The zero-order valence-electron chi connectivity index (χ0n) is 8.29. The van der Waals surface area contributed by atoms with E-state index >= 15 is 0 Å². The maximum atomic E-state index is 11.4. The molecule has 0 aliphatic rings. The van der Waals surface area contributed by atoms with Crippen molar-refractivity contribution >= 4 is 23.2 Å². The van der Waals surface area contributed by atoms with E-state index in [1.807, 2.05) is 0 Å². The number of H-pyrrole nitrogens is 1. The molecule has 4 nitrogen and oxygen atoms in total. The number of aromatic amines is 1. The maximum absolute atomic E-state index is 11.4. The van der Waals surface area contributed by atoms with E-state index in [2.05, 4.69) is 15.0 Å². The van der Waals surface area contributed by atoms with E-state index in [1.54, 1.807) is 19.1 Å². The summed E-state index contributed by atoms with van der Waals surface area (Å²) in [5.41, 5.74) is 0.638. The number of hydrogen-bond acceptors (Lipinski definition) is 3. The number of hydrogen-bond donors (Lipinski definition) is 1. The second-order valence-electron chi connectivity index (χ2n) is 3.18. The van der Waals surface area contributed by atoms with Crippen LogP contribution in [0.25, 0.3) is 11.5 Å². The fourth-order valence-electron chi connectivity index (χ4n) is 1.21. The first kappa shape index (κ1) is 11.1. The van der Waals surface area contributed by atoms with Gasteiger partial charge in [-0.3, -0.25) is 9.78 Å². The van der Waals surface area contributed by atoms with Crippen molar-refractivity contribution in [1.29, 1.82) is 0 Å². The van der Waals surface area contributed by atoms with Gasteiger partial charge in [-0.1, -0.05) is 23.2 Å². The fraction of sp³-hybridized carbons (Fsp3) is 0.100. The van der Waals surface area contributed by atoms with Gasteiger partial charge in [0.2, 0.25) is 0 Å². The maximum Gasteiger partial charge on any atom is 0.270 e. The van der Waals surface area contributed by atoms with Crippen LogP contribution in [-0.2, 0) is 0 Å². The number of nitrogens with one attached hydrogen (secondary N) is 1. The molecule has 0 spiro atoms. The van der Waals surface area contributed by atoms with Crippen LogP contribution in [0.3, 0.4) is 0 Å². The quantitative estimate of drug-likeness (QED) is 0.852. The molecule has 2 heterocycles. The topological polar surface area (TPSA) is 58.6 Å². The van der Waals surface area contributed by atoms with Crippen LogP contribution in [0.1, 0.15) is 5.69 Å². The van der Waals surface area contributed by atoms with Gasteiger partial charge in [0.1, 0.15) is 10.7 Å². The van der Waals surface area contributed by atoms with Crippen LogP contribution in [0.2, 0.25) is 10.0 Å². The van der Waals surface area contributed by atoms with E-state index in [0.29, 0.717) is 22.2 Å². The molecule has 0 aromatic carbocycles. The Kier molecular flexibility index (Phi) is 2.94. The second-order valence-corrected chi connectivity index (χ2v) is 3.99. The van der Waals surface area contributed by atoms with Crippen LogP contribution in [0.4, 0.5) is 0 Å². The molecule has 0 fully saturated rings. The van der Waals surface area contributed by atoms with E-state index in [-0.39, 0.29) is 10.6 Å². The zero-order valence-corrected chi connectivity index (χ0v) is 9.80. The van der Waals surface area contributed by atoms with Gasteiger partial charge in [-0.15, -0.1) is 0 Å². The standard InChI is InChI=1S/C10H7Cl2N3O/c1-5-8(12)10(16)15-9(14-5)7-3-2-6(11)4-13-7/h2-4H,1H3,(H,14,15,16). The molecule has 0 aliphatic carbocycles. The Hall–Kier alpha value is -1.39. The number of aromatic nitrogens is 3. The van der Waals surface area contributed by atoms with Crippen LogP contribution in [0.15, 0.2) is 23.1 Å². The molecular formula is C10H7Cl2N3O. The molecule has 0 bridgehead atoms. The van der Waals surface area contributed by atoms with Gasteiger partial charge in [0.25, 0.3) is 5.56 Å². The lowest BCUT2D eigenvalue weighted by molar-refractivity contribution is 1.06. The minimum atomic E-state index is -0.374. The Morgan fingerprint density at radius 1 is 1.31 bits per heavy atom. The smallest absolute Gasteiger partial charge is 0.270 e. The Bertz CT molecular complexity index is 578. The van der Waals surface area contributed by atoms with Crippen molar-refractivity contribution in [3.8, 4) is 11.5 Å². The molecular weight excluding hydrogens is 249 g/mol. The van der Waals surface area contributed by atoms with E-state index in [4.69, 9.17) is 23.2 Å². The summed E-state index contributed by atoms with van der Waals surface area (Å²) in [6, 6.07) is 3.35. The van der Waals surface area contributed by atoms with Crippen molar-refractivity contribution in [2.75, 3.05) is 0 Å². The highest BCUT2D eigenvalue weighted by molar-refractivity contribution is 6.31. The average molecular weight is 256 g/mol. The van der Waals surface area contributed by atoms with Gasteiger partial charge in [-0.25, -0.2) is 4.98 Å². The molecule has 0 atom stereocenters. The molecule has 82 valence electrons. The summed E-state index contributed by atoms with van der Waals surface area (Å²) in [7, 11) is 0. The second kappa shape index (κ2) is 4.23. The minimum absolute atomic E-state index is 0.0951. The Morgan fingerprint density at radius 3 is 2.62 bits per heavy atom. The highest BCUT2D eigenvalue weighted by atomic mass is 35.5. The van der Waals surface area contributed by atoms with Crippen LogP contribution in [0, 0.1) is 6.92 Å². The zero-order chi connectivity index (χ0) is 11.7. The van der Waals surface area contributed by atoms with E-state index in [9.17, 15) is 4.79 Å². The normalized spacial score (nSPS) is 10.4. The van der Waals surface area contributed by atoms with Crippen LogP contribution in [-0.4, -0.2) is 15.0 Å². The lowest BCUT2D eigenvalue weighted by Crippen LogP contribution is -2.11. The molecule has 2 aromatic heterocycles. The van der Waals surface area contributed by atoms with Gasteiger partial charge in [-0.2, -0.15) is 0 Å². The average Bonchev–Trinajstić information content (AvgIpc) is 2.26.